The number of rotatable bonds is 6. The molecule has 3 nitrogen and oxygen atoms in total. The Morgan fingerprint density at radius 3 is 2.70 bits per heavy atom. The summed E-state index contributed by atoms with van der Waals surface area (Å²) in [7, 11) is 0. The van der Waals surface area contributed by atoms with E-state index in [1.165, 1.54) is 12.1 Å². The fraction of sp³-hybridized carbons (Fsp3) is 0.533. The molecule has 1 amide bonds. The van der Waals surface area contributed by atoms with Crippen molar-refractivity contribution in [3.05, 3.63) is 35.4 Å². The minimum absolute atomic E-state index is 0.00526. The van der Waals surface area contributed by atoms with Crippen LogP contribution >= 0.6 is 0 Å². The second kappa shape index (κ2) is 6.79. The summed E-state index contributed by atoms with van der Waals surface area (Å²) in [6, 6.07) is 3.73. The monoisotopic (exact) mass is 285 g/mol. The van der Waals surface area contributed by atoms with Crippen LogP contribution in [0.1, 0.15) is 32.8 Å². The summed E-state index contributed by atoms with van der Waals surface area (Å²) < 4.78 is 26.4. The Balaban J connectivity index is 2.59. The van der Waals surface area contributed by atoms with Crippen molar-refractivity contribution in [2.45, 2.75) is 39.2 Å². The smallest absolute Gasteiger partial charge is 0.224 e. The van der Waals surface area contributed by atoms with E-state index in [1.54, 1.807) is 6.92 Å². The predicted octanol–water partition coefficient (Wildman–Crippen LogP) is 2.42. The maximum atomic E-state index is 13.4. The van der Waals surface area contributed by atoms with E-state index in [9.17, 15) is 18.7 Å². The minimum Gasteiger partial charge on any atom is -0.388 e. The Morgan fingerprint density at radius 2 is 2.10 bits per heavy atom. The Morgan fingerprint density at radius 1 is 1.45 bits per heavy atom. The van der Waals surface area contributed by atoms with Crippen LogP contribution in [0.4, 0.5) is 8.78 Å². The molecule has 0 radical (unpaired) electrons. The van der Waals surface area contributed by atoms with Gasteiger partial charge in [0.2, 0.25) is 5.91 Å². The van der Waals surface area contributed by atoms with Gasteiger partial charge in [-0.25, -0.2) is 8.78 Å². The first-order valence-corrected chi connectivity index (χ1v) is 6.70. The largest absolute Gasteiger partial charge is 0.388 e. The molecule has 20 heavy (non-hydrogen) atoms. The van der Waals surface area contributed by atoms with E-state index in [2.05, 4.69) is 5.32 Å². The lowest BCUT2D eigenvalue weighted by molar-refractivity contribution is -0.122. The molecular formula is C15H21F2NO2. The second-order valence-electron chi connectivity index (χ2n) is 5.33. The molecule has 0 aliphatic rings. The third-order valence-electron chi connectivity index (χ3n) is 3.70. The highest BCUT2D eigenvalue weighted by Crippen LogP contribution is 2.19. The molecule has 2 atom stereocenters. The molecule has 0 fully saturated rings. The maximum Gasteiger partial charge on any atom is 0.224 e. The number of carbonyl (C=O) groups is 1. The van der Waals surface area contributed by atoms with Gasteiger partial charge >= 0.3 is 0 Å². The molecule has 5 heteroatoms. The highest BCUT2D eigenvalue weighted by atomic mass is 19.2. The van der Waals surface area contributed by atoms with Crippen LogP contribution < -0.4 is 5.32 Å². The molecule has 1 aromatic carbocycles. The number of halogens is 2. The van der Waals surface area contributed by atoms with Crippen molar-refractivity contribution >= 4 is 5.91 Å². The van der Waals surface area contributed by atoms with Crippen LogP contribution in [-0.4, -0.2) is 23.2 Å². The van der Waals surface area contributed by atoms with Crippen LogP contribution in [0.3, 0.4) is 0 Å². The lowest BCUT2D eigenvalue weighted by atomic mass is 9.88. The number of hydrogen-bond donors (Lipinski definition) is 2. The lowest BCUT2D eigenvalue weighted by Crippen LogP contribution is -2.45. The Hall–Kier alpha value is -1.49. The van der Waals surface area contributed by atoms with Crippen molar-refractivity contribution in [3.8, 4) is 0 Å². The van der Waals surface area contributed by atoms with Gasteiger partial charge in [0, 0.05) is 12.1 Å². The van der Waals surface area contributed by atoms with Crippen LogP contribution in [0, 0.1) is 17.6 Å². The zero-order valence-corrected chi connectivity index (χ0v) is 12.0. The average molecular weight is 285 g/mol. The van der Waals surface area contributed by atoms with Gasteiger partial charge in [-0.15, -0.1) is 0 Å². The summed E-state index contributed by atoms with van der Waals surface area (Å²) in [6.07, 6.45) is 0.529. The molecule has 0 aliphatic heterocycles. The van der Waals surface area contributed by atoms with Crippen LogP contribution in [0.15, 0.2) is 18.2 Å². The van der Waals surface area contributed by atoms with E-state index in [0.717, 1.165) is 12.5 Å². The molecule has 0 aromatic heterocycles. The molecule has 0 saturated heterocycles. The molecule has 0 saturated carbocycles. The highest BCUT2D eigenvalue weighted by molar-refractivity contribution is 5.78. The second-order valence-corrected chi connectivity index (χ2v) is 5.33. The zero-order chi connectivity index (χ0) is 15.3. The highest BCUT2D eigenvalue weighted by Gasteiger charge is 2.27. The van der Waals surface area contributed by atoms with Crippen molar-refractivity contribution in [1.29, 1.82) is 0 Å². The van der Waals surface area contributed by atoms with E-state index in [1.807, 2.05) is 13.8 Å². The Kier molecular flexibility index (Phi) is 5.62. The summed E-state index contributed by atoms with van der Waals surface area (Å²) in [5, 5.41) is 12.7. The van der Waals surface area contributed by atoms with Crippen LogP contribution in [0.5, 0.6) is 0 Å². The summed E-state index contributed by atoms with van der Waals surface area (Å²) in [5.41, 5.74) is -1.02. The molecule has 1 rings (SSSR count). The van der Waals surface area contributed by atoms with Gasteiger partial charge in [0.15, 0.2) is 11.6 Å². The molecule has 0 bridgehead atoms. The maximum absolute atomic E-state index is 13.4. The van der Waals surface area contributed by atoms with E-state index >= 15 is 0 Å². The van der Waals surface area contributed by atoms with Gasteiger partial charge in [0.05, 0.1) is 12.0 Å². The number of aliphatic hydroxyl groups is 1. The third-order valence-corrected chi connectivity index (χ3v) is 3.70. The Labute approximate surface area is 118 Å². The molecule has 112 valence electrons. The standard InChI is InChI=1S/C15H21F2NO2/c1-4-10(2)15(3,20)9-18-13(19)8-11-6-5-7-12(16)14(11)17/h5-7,10,20H,4,8-9H2,1-3H3,(H,18,19). The topological polar surface area (TPSA) is 49.3 Å². The summed E-state index contributed by atoms with van der Waals surface area (Å²) in [5.74, 6) is -2.40. The number of benzene rings is 1. The summed E-state index contributed by atoms with van der Waals surface area (Å²) >= 11 is 0. The molecule has 0 spiro atoms. The zero-order valence-electron chi connectivity index (χ0n) is 12.0. The van der Waals surface area contributed by atoms with Gasteiger partial charge in [-0.3, -0.25) is 4.79 Å². The molecule has 2 N–H and O–H groups in total. The Bertz CT molecular complexity index is 475. The van der Waals surface area contributed by atoms with Crippen molar-refractivity contribution in [1.82, 2.24) is 5.32 Å². The number of carbonyl (C=O) groups excluding carboxylic acids is 1. The molecule has 2 unspecified atom stereocenters. The van der Waals surface area contributed by atoms with Gasteiger partial charge < -0.3 is 10.4 Å². The first-order chi connectivity index (χ1) is 9.27. The van der Waals surface area contributed by atoms with Crippen molar-refractivity contribution in [3.63, 3.8) is 0 Å². The van der Waals surface area contributed by atoms with Crippen molar-refractivity contribution in [2.24, 2.45) is 5.92 Å². The molecule has 1 aromatic rings. The van der Waals surface area contributed by atoms with Gasteiger partial charge in [-0.1, -0.05) is 32.4 Å². The van der Waals surface area contributed by atoms with Gasteiger partial charge in [0.1, 0.15) is 0 Å². The lowest BCUT2D eigenvalue weighted by Gasteiger charge is -2.29. The first-order valence-electron chi connectivity index (χ1n) is 6.70. The molecule has 0 heterocycles. The van der Waals surface area contributed by atoms with Crippen molar-refractivity contribution in [2.75, 3.05) is 6.54 Å². The minimum atomic E-state index is -1.02. The summed E-state index contributed by atoms with van der Waals surface area (Å²) in [4.78, 5) is 11.7. The number of hydrogen-bond acceptors (Lipinski definition) is 2. The first kappa shape index (κ1) is 16.6. The van der Waals surface area contributed by atoms with Gasteiger partial charge in [-0.2, -0.15) is 0 Å². The fourth-order valence-electron chi connectivity index (χ4n) is 1.81. The van der Waals surface area contributed by atoms with Crippen LogP contribution in [0.25, 0.3) is 0 Å². The molecule has 0 aliphatic carbocycles. The van der Waals surface area contributed by atoms with Gasteiger partial charge in [0.25, 0.3) is 0 Å². The SMILES string of the molecule is CCC(C)C(C)(O)CNC(=O)Cc1cccc(F)c1F. The van der Waals surface area contributed by atoms with E-state index in [4.69, 9.17) is 0 Å². The quantitative estimate of drug-likeness (QED) is 0.843. The van der Waals surface area contributed by atoms with E-state index in [-0.39, 0.29) is 24.4 Å². The van der Waals surface area contributed by atoms with E-state index in [0.29, 0.717) is 0 Å². The molecular weight excluding hydrogens is 264 g/mol. The fourth-order valence-corrected chi connectivity index (χ4v) is 1.81. The number of amides is 1. The van der Waals surface area contributed by atoms with Crippen LogP contribution in [0.2, 0.25) is 0 Å². The van der Waals surface area contributed by atoms with E-state index < -0.39 is 23.1 Å². The average Bonchev–Trinajstić information content (AvgIpc) is 2.41. The summed E-state index contributed by atoms with van der Waals surface area (Å²) in [6.45, 7) is 5.56. The van der Waals surface area contributed by atoms with Crippen molar-refractivity contribution < 1.29 is 18.7 Å². The number of nitrogens with one attached hydrogen (secondary N) is 1. The third kappa shape index (κ3) is 4.27. The van der Waals surface area contributed by atoms with Gasteiger partial charge in [-0.05, 0) is 18.9 Å². The van der Waals surface area contributed by atoms with Crippen LogP contribution in [-0.2, 0) is 11.2 Å². The normalized spacial score (nSPS) is 15.5. The predicted molar refractivity (Wildman–Crippen MR) is 73.2 cm³/mol.